The van der Waals surface area contributed by atoms with Crippen molar-refractivity contribution in [3.63, 3.8) is 0 Å². The molecule has 0 N–H and O–H groups in total. The zero-order valence-corrected chi connectivity index (χ0v) is 13.5. The summed E-state index contributed by atoms with van der Waals surface area (Å²) in [6.45, 7) is 2.00. The van der Waals surface area contributed by atoms with E-state index in [0.29, 0.717) is 12.8 Å². The van der Waals surface area contributed by atoms with E-state index in [1.165, 1.54) is 19.2 Å². The lowest BCUT2D eigenvalue weighted by atomic mass is 9.82. The Morgan fingerprint density at radius 3 is 2.41 bits per heavy atom. The van der Waals surface area contributed by atoms with Crippen LogP contribution in [0.1, 0.15) is 18.4 Å². The predicted molar refractivity (Wildman–Crippen MR) is 78.8 cm³/mol. The highest BCUT2D eigenvalue weighted by Crippen LogP contribution is 2.30. The number of carbonyl (C=O) groups excluding carboxylic acids is 1. The van der Waals surface area contributed by atoms with Crippen LogP contribution in [0.2, 0.25) is 0 Å². The van der Waals surface area contributed by atoms with Crippen molar-refractivity contribution in [2.75, 3.05) is 20.3 Å². The minimum atomic E-state index is -3.75. The zero-order chi connectivity index (χ0) is 16.2. The molecule has 1 aliphatic rings. The van der Waals surface area contributed by atoms with Gasteiger partial charge < -0.3 is 9.47 Å². The lowest BCUT2D eigenvalue weighted by Gasteiger charge is -2.32. The summed E-state index contributed by atoms with van der Waals surface area (Å²) in [6, 6.07) is 6.46. The van der Waals surface area contributed by atoms with E-state index in [4.69, 9.17) is 8.92 Å². The predicted octanol–water partition coefficient (Wildman–Crippen LogP) is 1.67. The number of carbonyl (C=O) groups is 1. The number of methoxy groups -OCH3 is 1. The molecule has 0 radical (unpaired) electrons. The number of ether oxygens (including phenoxy) is 2. The second kappa shape index (κ2) is 7.21. The standard InChI is InChI=1S/C15H20O6S/c1-11-3-5-14(6-4-11)22(17,18)21-8-7-20-13-9-12(10-13)15(16)19-2/h3-6,12-13H,7-10H2,1-2H3. The largest absolute Gasteiger partial charge is 0.469 e. The van der Waals surface area contributed by atoms with E-state index in [1.54, 1.807) is 12.1 Å². The SMILES string of the molecule is COC(=O)C1CC(OCCOS(=O)(=O)c2ccc(C)cc2)C1. The minimum Gasteiger partial charge on any atom is -0.469 e. The Balaban J connectivity index is 1.69. The number of aryl methyl sites for hydroxylation is 1. The average molecular weight is 328 g/mol. The summed E-state index contributed by atoms with van der Waals surface area (Å²) in [5, 5.41) is 0. The lowest BCUT2D eigenvalue weighted by Crippen LogP contribution is -2.37. The molecule has 0 spiro atoms. The molecule has 0 saturated heterocycles. The van der Waals surface area contributed by atoms with Crippen molar-refractivity contribution in [1.29, 1.82) is 0 Å². The number of esters is 1. The fourth-order valence-electron chi connectivity index (χ4n) is 2.19. The van der Waals surface area contributed by atoms with Gasteiger partial charge in [-0.3, -0.25) is 8.98 Å². The Labute approximate surface area is 130 Å². The lowest BCUT2D eigenvalue weighted by molar-refractivity contribution is -0.155. The van der Waals surface area contributed by atoms with E-state index in [2.05, 4.69) is 4.74 Å². The number of rotatable bonds is 7. The molecular formula is C15H20O6S. The first-order valence-electron chi connectivity index (χ1n) is 7.08. The van der Waals surface area contributed by atoms with Crippen LogP contribution in [-0.2, 0) is 28.6 Å². The van der Waals surface area contributed by atoms with Gasteiger partial charge in [-0.25, -0.2) is 0 Å². The molecule has 1 aromatic carbocycles. The Morgan fingerprint density at radius 2 is 1.82 bits per heavy atom. The molecule has 0 aromatic heterocycles. The molecule has 7 heteroatoms. The van der Waals surface area contributed by atoms with Gasteiger partial charge in [0, 0.05) is 0 Å². The van der Waals surface area contributed by atoms with Gasteiger partial charge in [0.1, 0.15) is 0 Å². The number of hydrogen-bond donors (Lipinski definition) is 0. The van der Waals surface area contributed by atoms with Crippen molar-refractivity contribution < 1.29 is 26.9 Å². The third kappa shape index (κ3) is 4.28. The molecular weight excluding hydrogens is 308 g/mol. The number of benzene rings is 1. The Kier molecular flexibility index (Phi) is 5.55. The van der Waals surface area contributed by atoms with Crippen LogP contribution in [0.3, 0.4) is 0 Å². The first-order chi connectivity index (χ1) is 10.4. The molecule has 0 unspecified atom stereocenters. The van der Waals surface area contributed by atoms with E-state index in [1.807, 2.05) is 6.92 Å². The quantitative estimate of drug-likeness (QED) is 0.430. The van der Waals surface area contributed by atoms with Gasteiger partial charge in [0.15, 0.2) is 0 Å². The van der Waals surface area contributed by atoms with Gasteiger partial charge in [-0.2, -0.15) is 8.42 Å². The molecule has 6 nitrogen and oxygen atoms in total. The normalized spacial score (nSPS) is 21.2. The van der Waals surface area contributed by atoms with E-state index in [-0.39, 0.29) is 36.1 Å². The van der Waals surface area contributed by atoms with Crippen LogP contribution in [0.5, 0.6) is 0 Å². The molecule has 0 aliphatic heterocycles. The van der Waals surface area contributed by atoms with Crippen molar-refractivity contribution in [2.45, 2.75) is 30.8 Å². The maximum atomic E-state index is 11.9. The van der Waals surface area contributed by atoms with Gasteiger partial charge >= 0.3 is 5.97 Å². The Hall–Kier alpha value is -1.44. The molecule has 0 heterocycles. The summed E-state index contributed by atoms with van der Waals surface area (Å²) >= 11 is 0. The molecule has 1 aromatic rings. The van der Waals surface area contributed by atoms with Crippen molar-refractivity contribution >= 4 is 16.1 Å². The molecule has 1 aliphatic carbocycles. The average Bonchev–Trinajstić information content (AvgIpc) is 2.44. The Morgan fingerprint density at radius 1 is 1.18 bits per heavy atom. The van der Waals surface area contributed by atoms with Gasteiger partial charge in [0.2, 0.25) is 0 Å². The van der Waals surface area contributed by atoms with Crippen LogP contribution in [-0.4, -0.2) is 40.8 Å². The van der Waals surface area contributed by atoms with E-state index < -0.39 is 10.1 Å². The van der Waals surface area contributed by atoms with Crippen LogP contribution >= 0.6 is 0 Å². The summed E-state index contributed by atoms with van der Waals surface area (Å²) < 4.78 is 38.8. The van der Waals surface area contributed by atoms with Crippen molar-refractivity contribution in [2.24, 2.45) is 5.92 Å². The third-order valence-corrected chi connectivity index (χ3v) is 4.94. The highest BCUT2D eigenvalue weighted by molar-refractivity contribution is 7.86. The van der Waals surface area contributed by atoms with Gasteiger partial charge in [0.05, 0.1) is 37.2 Å². The Bertz CT molecular complexity index is 601. The van der Waals surface area contributed by atoms with E-state index in [0.717, 1.165) is 5.56 Å². The van der Waals surface area contributed by atoms with Crippen molar-refractivity contribution in [1.82, 2.24) is 0 Å². The third-order valence-electron chi connectivity index (χ3n) is 3.61. The van der Waals surface area contributed by atoms with Gasteiger partial charge in [-0.05, 0) is 31.9 Å². The summed E-state index contributed by atoms with van der Waals surface area (Å²) in [4.78, 5) is 11.3. The summed E-state index contributed by atoms with van der Waals surface area (Å²) in [5.41, 5.74) is 0.979. The molecule has 0 bridgehead atoms. The molecule has 0 atom stereocenters. The van der Waals surface area contributed by atoms with Gasteiger partial charge in [-0.15, -0.1) is 0 Å². The van der Waals surface area contributed by atoms with E-state index >= 15 is 0 Å². The first-order valence-corrected chi connectivity index (χ1v) is 8.48. The fraction of sp³-hybridized carbons (Fsp3) is 0.533. The van der Waals surface area contributed by atoms with Gasteiger partial charge in [0.25, 0.3) is 10.1 Å². The molecule has 0 amide bonds. The summed E-state index contributed by atoms with van der Waals surface area (Å²) in [5.74, 6) is -0.328. The maximum Gasteiger partial charge on any atom is 0.308 e. The van der Waals surface area contributed by atoms with E-state index in [9.17, 15) is 13.2 Å². The zero-order valence-electron chi connectivity index (χ0n) is 12.7. The monoisotopic (exact) mass is 328 g/mol. The second-order valence-corrected chi connectivity index (χ2v) is 6.89. The van der Waals surface area contributed by atoms with Crippen LogP contribution in [0.25, 0.3) is 0 Å². The highest BCUT2D eigenvalue weighted by atomic mass is 32.2. The molecule has 122 valence electrons. The molecule has 1 fully saturated rings. The minimum absolute atomic E-state index is 0.0326. The molecule has 22 heavy (non-hydrogen) atoms. The van der Waals surface area contributed by atoms with Gasteiger partial charge in [-0.1, -0.05) is 17.7 Å². The maximum absolute atomic E-state index is 11.9. The van der Waals surface area contributed by atoms with Crippen molar-refractivity contribution in [3.8, 4) is 0 Å². The molecule has 1 saturated carbocycles. The second-order valence-electron chi connectivity index (χ2n) is 5.27. The highest BCUT2D eigenvalue weighted by Gasteiger charge is 2.35. The van der Waals surface area contributed by atoms with Crippen LogP contribution in [0.15, 0.2) is 29.2 Å². The first kappa shape index (κ1) is 16.9. The van der Waals surface area contributed by atoms with Crippen molar-refractivity contribution in [3.05, 3.63) is 29.8 Å². The summed E-state index contributed by atoms with van der Waals surface area (Å²) in [7, 11) is -2.38. The van der Waals surface area contributed by atoms with Crippen LogP contribution < -0.4 is 0 Å². The summed E-state index contributed by atoms with van der Waals surface area (Å²) in [6.07, 6.45) is 1.18. The topological polar surface area (TPSA) is 78.9 Å². The smallest absolute Gasteiger partial charge is 0.308 e. The van der Waals surface area contributed by atoms with Crippen LogP contribution in [0.4, 0.5) is 0 Å². The van der Waals surface area contributed by atoms with Crippen LogP contribution in [0, 0.1) is 12.8 Å². The fourth-order valence-corrected chi connectivity index (χ4v) is 3.09. The number of hydrogen-bond acceptors (Lipinski definition) is 6. The molecule has 2 rings (SSSR count).